The van der Waals surface area contributed by atoms with Gasteiger partial charge in [0.1, 0.15) is 11.6 Å². The molecule has 8 nitrogen and oxygen atoms in total. The molecule has 0 aliphatic heterocycles. The number of hydrogen-bond acceptors (Lipinski definition) is 6. The molecule has 0 bridgehead atoms. The normalized spacial score (nSPS) is 16.7. The molecule has 1 aliphatic rings. The summed E-state index contributed by atoms with van der Waals surface area (Å²) in [6, 6.07) is 5.18. The molecule has 178 valence electrons. The predicted octanol–water partition coefficient (Wildman–Crippen LogP) is 5.63. The second-order valence-electron chi connectivity index (χ2n) is 9.31. The average molecular weight is 466 g/mol. The zero-order chi connectivity index (χ0) is 23.9. The molecule has 0 heterocycles. The summed E-state index contributed by atoms with van der Waals surface area (Å²) >= 11 is 1.28. The number of rotatable bonds is 8. The van der Waals surface area contributed by atoms with Gasteiger partial charge in [0.05, 0.1) is 11.0 Å². The third-order valence-electron chi connectivity index (χ3n) is 5.63. The van der Waals surface area contributed by atoms with Crippen LogP contribution in [0.15, 0.2) is 24.3 Å². The number of nitrogens with zero attached hydrogens (tertiary/aromatic N) is 2. The molecule has 1 saturated carbocycles. The van der Waals surface area contributed by atoms with Gasteiger partial charge in [-0.25, -0.2) is 4.79 Å². The Kier molecular flexibility index (Phi) is 9.36. The number of alkyl carbamates (subject to hydrolysis) is 1. The van der Waals surface area contributed by atoms with Crippen LogP contribution in [0.3, 0.4) is 0 Å². The lowest BCUT2D eigenvalue weighted by atomic mass is 9.84. The van der Waals surface area contributed by atoms with Crippen LogP contribution in [0.5, 0.6) is 0 Å². The number of amides is 2. The topological polar surface area (TPSA) is 102 Å². The average Bonchev–Trinajstić information content (AvgIpc) is 2.73. The lowest BCUT2D eigenvalue weighted by Gasteiger charge is -2.33. The third-order valence-corrected chi connectivity index (χ3v) is 6.52. The van der Waals surface area contributed by atoms with E-state index in [1.807, 2.05) is 13.2 Å². The zero-order valence-electron chi connectivity index (χ0n) is 19.6. The number of non-ortho nitro benzene ring substituents is 1. The molecule has 0 unspecified atom stereocenters. The van der Waals surface area contributed by atoms with Gasteiger partial charge < -0.3 is 10.1 Å². The maximum Gasteiger partial charge on any atom is 0.408 e. The summed E-state index contributed by atoms with van der Waals surface area (Å²) in [6.07, 6.45) is 7.38. The van der Waals surface area contributed by atoms with Gasteiger partial charge in [0.15, 0.2) is 0 Å². The van der Waals surface area contributed by atoms with Crippen LogP contribution >= 0.6 is 11.9 Å². The van der Waals surface area contributed by atoms with Gasteiger partial charge in [-0.05, 0) is 45.6 Å². The van der Waals surface area contributed by atoms with Gasteiger partial charge in [-0.3, -0.25) is 19.2 Å². The second-order valence-corrected chi connectivity index (χ2v) is 10.1. The Morgan fingerprint density at radius 3 is 2.31 bits per heavy atom. The largest absolute Gasteiger partial charge is 0.444 e. The molecule has 2 rings (SSSR count). The number of ether oxygens (including phenoxy) is 1. The predicted molar refractivity (Wildman–Crippen MR) is 126 cm³/mol. The minimum Gasteiger partial charge on any atom is -0.444 e. The first-order chi connectivity index (χ1) is 15.0. The maximum absolute atomic E-state index is 13.6. The number of nitro groups is 1. The fourth-order valence-electron chi connectivity index (χ4n) is 4.03. The molecule has 0 radical (unpaired) electrons. The van der Waals surface area contributed by atoms with Crippen molar-refractivity contribution >= 4 is 29.6 Å². The molecule has 1 aromatic rings. The Bertz CT molecular complexity index is 788. The van der Waals surface area contributed by atoms with E-state index >= 15 is 0 Å². The third kappa shape index (κ3) is 7.69. The van der Waals surface area contributed by atoms with Crippen molar-refractivity contribution in [3.05, 3.63) is 39.9 Å². The van der Waals surface area contributed by atoms with Crippen molar-refractivity contribution in [1.29, 1.82) is 0 Å². The number of benzene rings is 1. The van der Waals surface area contributed by atoms with E-state index in [1.165, 1.54) is 30.5 Å². The number of carbonyl (C=O) groups is 2. The minimum absolute atomic E-state index is 0.00439. The highest BCUT2D eigenvalue weighted by Gasteiger charge is 2.33. The van der Waals surface area contributed by atoms with Crippen LogP contribution in [0, 0.1) is 16.0 Å². The van der Waals surface area contributed by atoms with Crippen LogP contribution in [0.25, 0.3) is 0 Å². The van der Waals surface area contributed by atoms with E-state index in [9.17, 15) is 19.7 Å². The van der Waals surface area contributed by atoms with Gasteiger partial charge in [-0.1, -0.05) is 56.2 Å². The lowest BCUT2D eigenvalue weighted by molar-refractivity contribution is -0.384. The molecule has 0 saturated heterocycles. The van der Waals surface area contributed by atoms with Crippen molar-refractivity contribution in [3.8, 4) is 0 Å². The number of hydrogen-bond donors (Lipinski definition) is 1. The van der Waals surface area contributed by atoms with Gasteiger partial charge in [0, 0.05) is 18.4 Å². The zero-order valence-corrected chi connectivity index (χ0v) is 20.4. The molecule has 1 fully saturated rings. The van der Waals surface area contributed by atoms with Crippen LogP contribution in [-0.4, -0.2) is 39.1 Å². The van der Waals surface area contributed by atoms with E-state index in [4.69, 9.17) is 4.74 Å². The van der Waals surface area contributed by atoms with Crippen molar-refractivity contribution in [2.75, 3.05) is 6.26 Å². The van der Waals surface area contributed by atoms with E-state index in [0.717, 1.165) is 31.2 Å². The Balaban J connectivity index is 2.20. The molecule has 2 atom stereocenters. The van der Waals surface area contributed by atoms with E-state index < -0.39 is 22.7 Å². The van der Waals surface area contributed by atoms with Gasteiger partial charge >= 0.3 is 6.09 Å². The van der Waals surface area contributed by atoms with E-state index in [0.29, 0.717) is 12.3 Å². The quantitative estimate of drug-likeness (QED) is 0.303. The molecule has 1 aromatic carbocycles. The van der Waals surface area contributed by atoms with Crippen molar-refractivity contribution in [2.24, 2.45) is 5.92 Å². The maximum atomic E-state index is 13.6. The Morgan fingerprint density at radius 2 is 1.81 bits per heavy atom. The van der Waals surface area contributed by atoms with Crippen molar-refractivity contribution < 1.29 is 19.2 Å². The Hall–Kier alpha value is -2.29. The molecule has 2 amide bonds. The number of nitro benzene ring substituents is 1. The van der Waals surface area contributed by atoms with Crippen LogP contribution in [0.4, 0.5) is 10.5 Å². The van der Waals surface area contributed by atoms with Gasteiger partial charge in [0.2, 0.25) is 0 Å². The van der Waals surface area contributed by atoms with Gasteiger partial charge in [0.25, 0.3) is 11.6 Å². The highest BCUT2D eigenvalue weighted by atomic mass is 32.2. The smallest absolute Gasteiger partial charge is 0.408 e. The summed E-state index contributed by atoms with van der Waals surface area (Å²) in [5.74, 6) is 0.186. The standard InChI is InChI=1S/C23H35N3O5S/c1-16(18-11-13-19(14-12-18)26(29)30)25(32-5)21(27)20(15-17-9-7-6-8-10-17)24-22(28)31-23(2,3)4/h11-14,16-17,20H,6-10,15H2,1-5H3,(H,24,28)/t16-,20+/m1/s1. The van der Waals surface area contributed by atoms with Gasteiger partial charge in [-0.2, -0.15) is 0 Å². The summed E-state index contributed by atoms with van der Waals surface area (Å²) in [6.45, 7) is 7.24. The first-order valence-electron chi connectivity index (χ1n) is 11.1. The number of carbonyl (C=O) groups excluding carboxylic acids is 2. The van der Waals surface area contributed by atoms with Crippen LogP contribution in [0.2, 0.25) is 0 Å². The fourth-order valence-corrected chi connectivity index (χ4v) is 4.78. The van der Waals surface area contributed by atoms with Gasteiger partial charge in [-0.15, -0.1) is 0 Å². The highest BCUT2D eigenvalue weighted by molar-refractivity contribution is 7.96. The summed E-state index contributed by atoms with van der Waals surface area (Å²) in [7, 11) is 0. The molecule has 9 heteroatoms. The van der Waals surface area contributed by atoms with Crippen molar-refractivity contribution in [3.63, 3.8) is 0 Å². The fraction of sp³-hybridized carbons (Fsp3) is 0.652. The number of nitrogens with one attached hydrogen (secondary N) is 1. The van der Waals surface area contributed by atoms with E-state index in [2.05, 4.69) is 5.32 Å². The molecule has 0 spiro atoms. The molecular weight excluding hydrogens is 430 g/mol. The Labute approximate surface area is 194 Å². The second kappa shape index (κ2) is 11.5. The van der Waals surface area contributed by atoms with Crippen LogP contribution in [0.1, 0.15) is 77.8 Å². The van der Waals surface area contributed by atoms with Crippen molar-refractivity contribution in [1.82, 2.24) is 9.62 Å². The Morgan fingerprint density at radius 1 is 1.22 bits per heavy atom. The lowest BCUT2D eigenvalue weighted by Crippen LogP contribution is -2.49. The van der Waals surface area contributed by atoms with Crippen LogP contribution in [-0.2, 0) is 9.53 Å². The monoisotopic (exact) mass is 465 g/mol. The molecule has 1 aliphatic carbocycles. The molecule has 0 aromatic heterocycles. The van der Waals surface area contributed by atoms with Crippen LogP contribution < -0.4 is 5.32 Å². The van der Waals surface area contributed by atoms with E-state index in [1.54, 1.807) is 37.2 Å². The first kappa shape index (κ1) is 26.0. The minimum atomic E-state index is -0.694. The summed E-state index contributed by atoms with van der Waals surface area (Å²) in [5, 5.41) is 13.8. The highest BCUT2D eigenvalue weighted by Crippen LogP contribution is 2.31. The molecular formula is C23H35N3O5S. The summed E-state index contributed by atoms with van der Waals surface area (Å²) in [4.78, 5) is 36.6. The van der Waals surface area contributed by atoms with E-state index in [-0.39, 0.29) is 17.6 Å². The SMILES string of the molecule is CSN(C(=O)[C@H](CC1CCCCC1)NC(=O)OC(C)(C)C)[C@H](C)c1ccc([N+](=O)[O-])cc1. The first-order valence-corrected chi connectivity index (χ1v) is 12.3. The summed E-state index contributed by atoms with van der Waals surface area (Å²) in [5.41, 5.74) is 0.130. The molecule has 1 N–H and O–H groups in total. The summed E-state index contributed by atoms with van der Waals surface area (Å²) < 4.78 is 7.04. The molecule has 32 heavy (non-hydrogen) atoms. The van der Waals surface area contributed by atoms with Crippen molar-refractivity contribution in [2.45, 2.75) is 83.9 Å².